The van der Waals surface area contributed by atoms with Gasteiger partial charge < -0.3 is 4.74 Å². The van der Waals surface area contributed by atoms with Crippen molar-refractivity contribution in [1.82, 2.24) is 0 Å². The second-order valence-corrected chi connectivity index (χ2v) is 6.01. The molecule has 0 aromatic heterocycles. The van der Waals surface area contributed by atoms with Gasteiger partial charge in [-0.25, -0.2) is 0 Å². The summed E-state index contributed by atoms with van der Waals surface area (Å²) >= 11 is 2.04. The van der Waals surface area contributed by atoms with Gasteiger partial charge in [0, 0.05) is 0 Å². The maximum absolute atomic E-state index is 10.9. The number of hydrogen-bond acceptors (Lipinski definition) is 2. The number of carbonyl (C=O) groups is 1. The summed E-state index contributed by atoms with van der Waals surface area (Å²) in [5.41, 5.74) is 0. The fourth-order valence-electron chi connectivity index (χ4n) is 2.17. The van der Waals surface area contributed by atoms with Crippen LogP contribution in [0.3, 0.4) is 0 Å². The zero-order valence-corrected chi connectivity index (χ0v) is 14.8. The van der Waals surface area contributed by atoms with Crippen molar-refractivity contribution in [2.75, 3.05) is 11.0 Å². The van der Waals surface area contributed by atoms with Gasteiger partial charge in [-0.05, 0) is 6.42 Å². The number of unbranched alkanes of at least 4 members (excludes halogenated alkanes) is 11. The number of alkyl halides is 1. The number of rotatable bonds is 14. The lowest BCUT2D eigenvalue weighted by Gasteiger charge is -2.03. The second kappa shape index (κ2) is 16.3. The molecule has 19 heavy (non-hydrogen) atoms. The van der Waals surface area contributed by atoms with Crippen molar-refractivity contribution in [2.45, 2.75) is 84.0 Å². The van der Waals surface area contributed by atoms with E-state index in [-0.39, 0.29) is 5.97 Å². The van der Waals surface area contributed by atoms with E-state index in [1.165, 1.54) is 70.6 Å². The predicted octanol–water partition coefficient (Wildman–Crippen LogP) is 5.67. The van der Waals surface area contributed by atoms with Crippen molar-refractivity contribution in [1.29, 1.82) is 0 Å². The maximum atomic E-state index is 10.9. The third kappa shape index (κ3) is 16.1. The van der Waals surface area contributed by atoms with Crippen LogP contribution >= 0.6 is 22.6 Å². The zero-order chi connectivity index (χ0) is 14.2. The Morgan fingerprint density at radius 2 is 1.21 bits per heavy atom. The highest BCUT2D eigenvalue weighted by Crippen LogP contribution is 2.11. The first-order valence-electron chi connectivity index (χ1n) is 8.02. The molecule has 0 aliphatic rings. The average molecular weight is 382 g/mol. The summed E-state index contributed by atoms with van der Waals surface area (Å²) < 4.78 is 5.50. The number of esters is 1. The molecule has 0 N–H and O–H groups in total. The fourth-order valence-corrected chi connectivity index (χ4v) is 2.39. The first kappa shape index (κ1) is 19.2. The number of halogens is 1. The Morgan fingerprint density at radius 1 is 0.789 bits per heavy atom. The van der Waals surface area contributed by atoms with Crippen LogP contribution in [-0.2, 0) is 9.53 Å². The minimum Gasteiger partial charge on any atom is -0.465 e. The monoisotopic (exact) mass is 382 g/mol. The molecule has 0 saturated heterocycles. The zero-order valence-electron chi connectivity index (χ0n) is 12.6. The number of ether oxygens (including phenoxy) is 1. The number of carbonyl (C=O) groups excluding carboxylic acids is 1. The van der Waals surface area contributed by atoms with E-state index >= 15 is 0 Å². The highest BCUT2D eigenvalue weighted by Gasteiger charge is 1.98. The van der Waals surface area contributed by atoms with Gasteiger partial charge in [-0.15, -0.1) is 0 Å². The molecule has 0 unspecified atom stereocenters. The molecule has 0 fully saturated rings. The second-order valence-electron chi connectivity index (χ2n) is 5.24. The molecule has 2 nitrogen and oxygen atoms in total. The molecule has 0 aromatic carbocycles. The summed E-state index contributed by atoms with van der Waals surface area (Å²) in [4.78, 5) is 10.9. The molecule has 0 aromatic rings. The average Bonchev–Trinajstić information content (AvgIpc) is 2.43. The lowest BCUT2D eigenvalue weighted by atomic mass is 10.1. The van der Waals surface area contributed by atoms with Crippen LogP contribution < -0.4 is 0 Å². The van der Waals surface area contributed by atoms with Gasteiger partial charge in [0.25, 0.3) is 0 Å². The van der Waals surface area contributed by atoms with Gasteiger partial charge in [0.05, 0.1) is 11.0 Å². The van der Waals surface area contributed by atoms with Gasteiger partial charge in [0.15, 0.2) is 0 Å². The summed E-state index contributed by atoms with van der Waals surface area (Å²) in [7, 11) is 0. The van der Waals surface area contributed by atoms with Crippen LogP contribution in [0.4, 0.5) is 0 Å². The van der Waals surface area contributed by atoms with Crippen LogP contribution in [-0.4, -0.2) is 17.0 Å². The van der Waals surface area contributed by atoms with Gasteiger partial charge in [0.2, 0.25) is 0 Å². The number of hydrogen-bond donors (Lipinski definition) is 0. The van der Waals surface area contributed by atoms with Crippen LogP contribution in [0.5, 0.6) is 0 Å². The van der Waals surface area contributed by atoms with Crippen LogP contribution in [0, 0.1) is 0 Å². The summed E-state index contributed by atoms with van der Waals surface area (Å²) in [6.07, 6.45) is 16.1. The lowest BCUT2D eigenvalue weighted by molar-refractivity contribution is -0.140. The van der Waals surface area contributed by atoms with E-state index in [0.717, 1.165) is 6.42 Å². The molecular formula is C16H31IO2. The highest BCUT2D eigenvalue weighted by molar-refractivity contribution is 14.1. The molecule has 0 amide bonds. The third-order valence-electron chi connectivity index (χ3n) is 3.37. The van der Waals surface area contributed by atoms with Gasteiger partial charge in [-0.1, -0.05) is 100 Å². The molecule has 0 heterocycles. The van der Waals surface area contributed by atoms with Gasteiger partial charge in [0.1, 0.15) is 0 Å². The first-order valence-corrected chi connectivity index (χ1v) is 9.55. The Hall–Kier alpha value is 0.200. The highest BCUT2D eigenvalue weighted by atomic mass is 127. The molecule has 0 radical (unpaired) electrons. The molecule has 0 rings (SSSR count). The first-order chi connectivity index (χ1) is 9.31. The molecule has 3 heteroatoms. The van der Waals surface area contributed by atoms with Crippen LogP contribution in [0.25, 0.3) is 0 Å². The van der Waals surface area contributed by atoms with E-state index in [1.54, 1.807) is 0 Å². The molecule has 114 valence electrons. The Kier molecular flexibility index (Phi) is 16.4. The quantitative estimate of drug-likeness (QED) is 0.168. The van der Waals surface area contributed by atoms with E-state index in [2.05, 4.69) is 6.92 Å². The molecule has 0 saturated carbocycles. The minimum absolute atomic E-state index is 0.0799. The van der Waals surface area contributed by atoms with Crippen molar-refractivity contribution in [3.8, 4) is 0 Å². The smallest absolute Gasteiger partial charge is 0.315 e. The topological polar surface area (TPSA) is 26.3 Å². The molecule has 0 atom stereocenters. The fraction of sp³-hybridized carbons (Fsp3) is 0.938. The molecule has 0 bridgehead atoms. The SMILES string of the molecule is CCCCCCCCCCCCCCOC(=O)CI. The van der Waals surface area contributed by atoms with E-state index in [1.807, 2.05) is 22.6 Å². The van der Waals surface area contributed by atoms with Crippen molar-refractivity contribution in [3.05, 3.63) is 0 Å². The van der Waals surface area contributed by atoms with Crippen molar-refractivity contribution < 1.29 is 9.53 Å². The Balaban J connectivity index is 2.97. The molecule has 0 spiro atoms. The van der Waals surface area contributed by atoms with Crippen molar-refractivity contribution in [3.63, 3.8) is 0 Å². The standard InChI is InChI=1S/C16H31IO2/c1-2-3-4-5-6-7-8-9-10-11-12-13-14-19-16(18)15-17/h2-15H2,1H3. The molecule has 0 aliphatic carbocycles. The summed E-state index contributed by atoms with van der Waals surface area (Å²) in [6, 6.07) is 0. The Morgan fingerprint density at radius 3 is 1.63 bits per heavy atom. The van der Waals surface area contributed by atoms with Crippen molar-refractivity contribution >= 4 is 28.6 Å². The van der Waals surface area contributed by atoms with Crippen molar-refractivity contribution in [2.24, 2.45) is 0 Å². The largest absolute Gasteiger partial charge is 0.465 e. The predicted molar refractivity (Wildman–Crippen MR) is 90.9 cm³/mol. The minimum atomic E-state index is -0.0799. The normalized spacial score (nSPS) is 10.6. The van der Waals surface area contributed by atoms with Crippen LogP contribution in [0.1, 0.15) is 84.0 Å². The lowest BCUT2D eigenvalue weighted by Crippen LogP contribution is -2.06. The maximum Gasteiger partial charge on any atom is 0.315 e. The summed E-state index contributed by atoms with van der Waals surface area (Å²) in [5.74, 6) is -0.0799. The van der Waals surface area contributed by atoms with E-state index in [9.17, 15) is 4.79 Å². The van der Waals surface area contributed by atoms with Crippen LogP contribution in [0.2, 0.25) is 0 Å². The van der Waals surface area contributed by atoms with Crippen LogP contribution in [0.15, 0.2) is 0 Å². The third-order valence-corrected chi connectivity index (χ3v) is 3.99. The van der Waals surface area contributed by atoms with Gasteiger partial charge >= 0.3 is 5.97 Å². The Labute approximate surface area is 133 Å². The van der Waals surface area contributed by atoms with E-state index < -0.39 is 0 Å². The molecule has 0 aliphatic heterocycles. The molecular weight excluding hydrogens is 351 g/mol. The van der Waals surface area contributed by atoms with Gasteiger partial charge in [-0.2, -0.15) is 0 Å². The Bertz CT molecular complexity index is 195. The van der Waals surface area contributed by atoms with Gasteiger partial charge in [-0.3, -0.25) is 4.79 Å². The summed E-state index contributed by atoms with van der Waals surface area (Å²) in [6.45, 7) is 2.88. The van der Waals surface area contributed by atoms with E-state index in [4.69, 9.17) is 4.74 Å². The summed E-state index contributed by atoms with van der Waals surface area (Å²) in [5, 5.41) is 0. The van der Waals surface area contributed by atoms with E-state index in [0.29, 0.717) is 11.0 Å².